The average molecular weight is 301 g/mol. The van der Waals surface area contributed by atoms with Gasteiger partial charge in [0.2, 0.25) is 0 Å². The summed E-state index contributed by atoms with van der Waals surface area (Å²) in [4.78, 5) is 1.18. The molecule has 21 heavy (non-hydrogen) atoms. The van der Waals surface area contributed by atoms with Gasteiger partial charge in [-0.05, 0) is 48.4 Å². The molecule has 2 rings (SSSR count). The highest BCUT2D eigenvalue weighted by molar-refractivity contribution is 7.13. The number of aromatic hydroxyl groups is 1. The third-order valence-electron chi connectivity index (χ3n) is 3.59. The molecule has 0 saturated carbocycles. The maximum Gasteiger partial charge on any atom is 0.120 e. The van der Waals surface area contributed by atoms with Gasteiger partial charge in [0, 0.05) is 17.0 Å². The van der Waals surface area contributed by atoms with Crippen molar-refractivity contribution in [2.24, 2.45) is 5.92 Å². The highest BCUT2D eigenvalue weighted by atomic mass is 32.1. The van der Waals surface area contributed by atoms with E-state index in [4.69, 9.17) is 0 Å². The smallest absolute Gasteiger partial charge is 0.120 e. The second-order valence-electron chi connectivity index (χ2n) is 5.42. The standard InChI is InChI=1S/C18H23NOS/c1-3-5-14(2)9-10-19-13-16-8-7-15(12-17(16)20)18-6-4-11-21-18/h3-4,6-8,11-12,14,19-20H,1,5,9-10,13H2,2H3. The van der Waals surface area contributed by atoms with E-state index in [1.54, 1.807) is 11.3 Å². The molecular formula is C18H23NOS. The van der Waals surface area contributed by atoms with E-state index in [-0.39, 0.29) is 0 Å². The van der Waals surface area contributed by atoms with E-state index in [9.17, 15) is 5.11 Å². The highest BCUT2D eigenvalue weighted by Gasteiger charge is 2.05. The second kappa shape index (κ2) is 8.01. The molecule has 0 aliphatic carbocycles. The van der Waals surface area contributed by atoms with Crippen LogP contribution < -0.4 is 5.32 Å². The van der Waals surface area contributed by atoms with Crippen LogP contribution in [0.2, 0.25) is 0 Å². The summed E-state index contributed by atoms with van der Waals surface area (Å²) in [6.07, 6.45) is 4.16. The Bertz CT molecular complexity index is 563. The number of rotatable bonds is 8. The van der Waals surface area contributed by atoms with Crippen LogP contribution in [0, 0.1) is 5.92 Å². The molecule has 0 aliphatic rings. The number of thiophene rings is 1. The van der Waals surface area contributed by atoms with E-state index >= 15 is 0 Å². The number of allylic oxidation sites excluding steroid dienone is 1. The first-order valence-electron chi connectivity index (χ1n) is 7.38. The van der Waals surface area contributed by atoms with Crippen LogP contribution >= 0.6 is 11.3 Å². The zero-order valence-electron chi connectivity index (χ0n) is 12.5. The second-order valence-corrected chi connectivity index (χ2v) is 6.36. The summed E-state index contributed by atoms with van der Waals surface area (Å²) in [7, 11) is 0. The van der Waals surface area contributed by atoms with Gasteiger partial charge in [-0.15, -0.1) is 17.9 Å². The minimum Gasteiger partial charge on any atom is -0.508 e. The molecule has 1 unspecified atom stereocenters. The molecule has 0 fully saturated rings. The van der Waals surface area contributed by atoms with E-state index < -0.39 is 0 Å². The van der Waals surface area contributed by atoms with Crippen molar-refractivity contribution in [1.29, 1.82) is 0 Å². The Labute approximate surface area is 131 Å². The van der Waals surface area contributed by atoms with Gasteiger partial charge >= 0.3 is 0 Å². The molecule has 0 radical (unpaired) electrons. The van der Waals surface area contributed by atoms with Gasteiger partial charge in [0.15, 0.2) is 0 Å². The zero-order chi connectivity index (χ0) is 15.1. The molecule has 0 aliphatic heterocycles. The van der Waals surface area contributed by atoms with Crippen molar-refractivity contribution in [3.05, 3.63) is 53.9 Å². The molecule has 1 heterocycles. The van der Waals surface area contributed by atoms with Crippen molar-refractivity contribution >= 4 is 11.3 Å². The largest absolute Gasteiger partial charge is 0.508 e. The minimum absolute atomic E-state index is 0.368. The summed E-state index contributed by atoms with van der Waals surface area (Å²) in [5, 5.41) is 15.6. The summed E-state index contributed by atoms with van der Waals surface area (Å²) < 4.78 is 0. The fraction of sp³-hybridized carbons (Fsp3) is 0.333. The summed E-state index contributed by atoms with van der Waals surface area (Å²) in [6.45, 7) is 7.66. The lowest BCUT2D eigenvalue weighted by Crippen LogP contribution is -2.16. The van der Waals surface area contributed by atoms with Gasteiger partial charge in [-0.25, -0.2) is 0 Å². The van der Waals surface area contributed by atoms with E-state index in [0.717, 1.165) is 30.5 Å². The maximum atomic E-state index is 10.1. The third kappa shape index (κ3) is 4.73. The third-order valence-corrected chi connectivity index (χ3v) is 4.51. The number of hydrogen-bond donors (Lipinski definition) is 2. The molecule has 1 aromatic carbocycles. The van der Waals surface area contributed by atoms with E-state index in [1.807, 2.05) is 29.7 Å². The molecule has 0 spiro atoms. The van der Waals surface area contributed by atoms with Gasteiger partial charge in [0.25, 0.3) is 0 Å². The van der Waals surface area contributed by atoms with E-state index in [1.165, 1.54) is 4.88 Å². The average Bonchev–Trinajstić information content (AvgIpc) is 2.99. The Morgan fingerprint density at radius 2 is 2.24 bits per heavy atom. The van der Waals surface area contributed by atoms with Gasteiger partial charge < -0.3 is 10.4 Å². The molecule has 0 bridgehead atoms. The van der Waals surface area contributed by atoms with Gasteiger partial charge in [-0.2, -0.15) is 0 Å². The number of hydrogen-bond acceptors (Lipinski definition) is 3. The first kappa shape index (κ1) is 15.8. The Morgan fingerprint density at radius 3 is 2.90 bits per heavy atom. The molecule has 3 heteroatoms. The molecule has 2 N–H and O–H groups in total. The van der Waals surface area contributed by atoms with Gasteiger partial charge in [-0.1, -0.05) is 31.2 Å². The van der Waals surface area contributed by atoms with Crippen LogP contribution in [0.3, 0.4) is 0 Å². The number of benzene rings is 1. The predicted octanol–water partition coefficient (Wildman–Crippen LogP) is 4.81. The Kier molecular flexibility index (Phi) is 6.03. The molecule has 2 nitrogen and oxygen atoms in total. The SMILES string of the molecule is C=CCC(C)CCNCc1ccc(-c2cccs2)cc1O. The van der Waals surface area contributed by atoms with Crippen LogP contribution in [0.4, 0.5) is 0 Å². The lowest BCUT2D eigenvalue weighted by atomic mass is 10.0. The molecule has 0 amide bonds. The summed E-state index contributed by atoms with van der Waals surface area (Å²) in [5.41, 5.74) is 2.03. The van der Waals surface area contributed by atoms with Crippen molar-refractivity contribution in [3.8, 4) is 16.2 Å². The number of phenolic OH excluding ortho intramolecular Hbond substituents is 1. The highest BCUT2D eigenvalue weighted by Crippen LogP contribution is 2.29. The van der Waals surface area contributed by atoms with Crippen molar-refractivity contribution in [3.63, 3.8) is 0 Å². The monoisotopic (exact) mass is 301 g/mol. The quantitative estimate of drug-likeness (QED) is 0.541. The van der Waals surface area contributed by atoms with Gasteiger partial charge in [-0.3, -0.25) is 0 Å². The molecule has 1 atom stereocenters. The van der Waals surface area contributed by atoms with Crippen LogP contribution in [0.15, 0.2) is 48.4 Å². The Balaban J connectivity index is 1.85. The number of phenols is 1. The lowest BCUT2D eigenvalue weighted by Gasteiger charge is -2.11. The van der Waals surface area contributed by atoms with Crippen molar-refractivity contribution < 1.29 is 5.11 Å². The summed E-state index contributed by atoms with van der Waals surface area (Å²) in [5.74, 6) is 1.03. The molecule has 0 saturated heterocycles. The molecule has 1 aromatic heterocycles. The Hall–Kier alpha value is -1.58. The summed E-state index contributed by atoms with van der Waals surface area (Å²) >= 11 is 1.69. The van der Waals surface area contributed by atoms with Gasteiger partial charge in [0.1, 0.15) is 5.75 Å². The first-order valence-corrected chi connectivity index (χ1v) is 8.26. The molecule has 112 valence electrons. The van der Waals surface area contributed by atoms with Crippen molar-refractivity contribution in [2.45, 2.75) is 26.3 Å². The van der Waals surface area contributed by atoms with Gasteiger partial charge in [0.05, 0.1) is 0 Å². The van der Waals surface area contributed by atoms with Crippen LogP contribution in [-0.2, 0) is 6.54 Å². The van der Waals surface area contributed by atoms with Crippen molar-refractivity contribution in [2.75, 3.05) is 6.54 Å². The number of nitrogens with one attached hydrogen (secondary N) is 1. The lowest BCUT2D eigenvalue weighted by molar-refractivity contribution is 0.460. The fourth-order valence-corrected chi connectivity index (χ4v) is 3.01. The topological polar surface area (TPSA) is 32.3 Å². The normalized spacial score (nSPS) is 12.2. The first-order chi connectivity index (χ1) is 10.2. The maximum absolute atomic E-state index is 10.1. The predicted molar refractivity (Wildman–Crippen MR) is 91.7 cm³/mol. The van der Waals surface area contributed by atoms with E-state index in [0.29, 0.717) is 18.2 Å². The van der Waals surface area contributed by atoms with Crippen LogP contribution in [-0.4, -0.2) is 11.7 Å². The van der Waals surface area contributed by atoms with E-state index in [2.05, 4.69) is 31.0 Å². The molecule has 2 aromatic rings. The molecular weight excluding hydrogens is 278 g/mol. The van der Waals surface area contributed by atoms with Crippen molar-refractivity contribution in [1.82, 2.24) is 5.32 Å². The zero-order valence-corrected chi connectivity index (χ0v) is 13.3. The van der Waals surface area contributed by atoms with Crippen LogP contribution in [0.25, 0.3) is 10.4 Å². The Morgan fingerprint density at radius 1 is 1.38 bits per heavy atom. The summed E-state index contributed by atoms with van der Waals surface area (Å²) in [6, 6.07) is 10.0. The van der Waals surface area contributed by atoms with Crippen LogP contribution in [0.5, 0.6) is 5.75 Å². The fourth-order valence-electron chi connectivity index (χ4n) is 2.28. The van der Waals surface area contributed by atoms with Crippen LogP contribution in [0.1, 0.15) is 25.3 Å². The minimum atomic E-state index is 0.368.